The fraction of sp³-hybridized carbons (Fsp3) is 0.379. The lowest BCUT2D eigenvalue weighted by atomic mass is 9.87. The first kappa shape index (κ1) is 20.9. The first-order valence-electron chi connectivity index (χ1n) is 11.6. The highest BCUT2D eigenvalue weighted by Crippen LogP contribution is 2.48. The molecule has 5 rings (SSSR count). The van der Waals surface area contributed by atoms with Crippen LogP contribution in [-0.2, 0) is 13.5 Å². The number of hydrogen-bond acceptors (Lipinski definition) is 2. The molecular formula is C29H33N2O+. The van der Waals surface area contributed by atoms with Crippen molar-refractivity contribution in [1.29, 1.82) is 0 Å². The summed E-state index contributed by atoms with van der Waals surface area (Å²) in [5.41, 5.74) is 9.85. The first-order valence-corrected chi connectivity index (χ1v) is 11.6. The lowest BCUT2D eigenvalue weighted by Crippen LogP contribution is -2.34. The van der Waals surface area contributed by atoms with Crippen LogP contribution in [-0.4, -0.2) is 4.98 Å². The van der Waals surface area contributed by atoms with Crippen molar-refractivity contribution in [3.63, 3.8) is 0 Å². The first-order chi connectivity index (χ1) is 15.0. The zero-order chi connectivity index (χ0) is 22.9. The summed E-state index contributed by atoms with van der Waals surface area (Å²) < 4.78 is 8.86. The Balaban J connectivity index is 1.88. The van der Waals surface area contributed by atoms with Gasteiger partial charge in [-0.05, 0) is 65.3 Å². The number of hydrogen-bond donors (Lipinski definition) is 0. The van der Waals surface area contributed by atoms with Crippen LogP contribution in [0.1, 0.15) is 62.8 Å². The Morgan fingerprint density at radius 2 is 1.81 bits per heavy atom. The molecule has 0 N–H and O–H groups in total. The highest BCUT2D eigenvalue weighted by atomic mass is 16.5. The van der Waals surface area contributed by atoms with Crippen molar-refractivity contribution in [1.82, 2.24) is 4.98 Å². The number of benzene rings is 3. The minimum atomic E-state index is 0.184. The van der Waals surface area contributed by atoms with Gasteiger partial charge in [-0.1, -0.05) is 58.9 Å². The topological polar surface area (TPSA) is 26.0 Å². The highest BCUT2D eigenvalue weighted by Gasteiger charge is 2.34. The van der Waals surface area contributed by atoms with E-state index in [1.807, 2.05) is 0 Å². The number of nitrogens with zero attached hydrogens (tertiary/aromatic N) is 2. The fourth-order valence-corrected chi connectivity index (χ4v) is 5.04. The maximum absolute atomic E-state index is 6.58. The third-order valence-corrected chi connectivity index (χ3v) is 6.79. The second-order valence-electron chi connectivity index (χ2n) is 10.9. The summed E-state index contributed by atoms with van der Waals surface area (Å²) >= 11 is 0. The molecule has 0 fully saturated rings. The van der Waals surface area contributed by atoms with Crippen molar-refractivity contribution in [2.75, 3.05) is 0 Å². The fourth-order valence-electron chi connectivity index (χ4n) is 5.04. The van der Waals surface area contributed by atoms with E-state index in [-0.39, 0.29) is 5.41 Å². The monoisotopic (exact) mass is 425 g/mol. The van der Waals surface area contributed by atoms with Crippen LogP contribution in [0.25, 0.3) is 33.1 Å². The van der Waals surface area contributed by atoms with Crippen LogP contribution >= 0.6 is 0 Å². The predicted octanol–water partition coefficient (Wildman–Crippen LogP) is 7.31. The van der Waals surface area contributed by atoms with E-state index in [1.165, 1.54) is 38.6 Å². The van der Waals surface area contributed by atoms with Gasteiger partial charge in [0.25, 0.3) is 11.6 Å². The summed E-state index contributed by atoms with van der Waals surface area (Å²) in [5, 5.41) is 2.45. The van der Waals surface area contributed by atoms with Crippen LogP contribution in [0, 0.1) is 19.3 Å². The van der Waals surface area contributed by atoms with E-state index in [1.54, 1.807) is 0 Å². The van der Waals surface area contributed by atoms with Crippen molar-refractivity contribution >= 4 is 21.8 Å². The van der Waals surface area contributed by atoms with Crippen molar-refractivity contribution in [2.45, 2.75) is 60.8 Å². The molecule has 0 saturated heterocycles. The third kappa shape index (κ3) is 3.18. The van der Waals surface area contributed by atoms with Gasteiger partial charge in [0.15, 0.2) is 0 Å². The largest absolute Gasteiger partial charge is 0.433 e. The Labute approximate surface area is 191 Å². The van der Waals surface area contributed by atoms with Gasteiger partial charge in [-0.15, -0.1) is 0 Å². The second-order valence-corrected chi connectivity index (χ2v) is 10.9. The van der Waals surface area contributed by atoms with Gasteiger partial charge in [0.2, 0.25) is 5.52 Å². The molecule has 3 aromatic carbocycles. The van der Waals surface area contributed by atoms with E-state index < -0.39 is 0 Å². The summed E-state index contributed by atoms with van der Waals surface area (Å²) in [6.07, 6.45) is 0.970. The molecule has 1 aromatic heterocycles. The number of aromatic nitrogens is 2. The lowest BCUT2D eigenvalue weighted by molar-refractivity contribution is -0.634. The number of aryl methyl sites for hydroxylation is 2. The normalized spacial score (nSPS) is 13.0. The lowest BCUT2D eigenvalue weighted by Gasteiger charge is -2.24. The summed E-state index contributed by atoms with van der Waals surface area (Å²) in [7, 11) is 2.15. The van der Waals surface area contributed by atoms with Crippen molar-refractivity contribution in [2.24, 2.45) is 12.5 Å². The average Bonchev–Trinajstić information content (AvgIpc) is 2.70. The zero-order valence-electron chi connectivity index (χ0n) is 20.6. The van der Waals surface area contributed by atoms with Gasteiger partial charge in [-0.25, -0.2) is 4.98 Å². The molecule has 32 heavy (non-hydrogen) atoms. The van der Waals surface area contributed by atoms with E-state index in [2.05, 4.69) is 96.5 Å². The smallest absolute Gasteiger partial charge is 0.294 e. The molecular weight excluding hydrogens is 392 g/mol. The van der Waals surface area contributed by atoms with Crippen molar-refractivity contribution in [3.05, 3.63) is 58.7 Å². The van der Waals surface area contributed by atoms with E-state index in [0.717, 1.165) is 28.9 Å². The molecule has 0 saturated carbocycles. The van der Waals surface area contributed by atoms with Gasteiger partial charge >= 0.3 is 0 Å². The minimum Gasteiger partial charge on any atom is -0.433 e. The van der Waals surface area contributed by atoms with Crippen LogP contribution in [0.4, 0.5) is 0 Å². The summed E-state index contributed by atoms with van der Waals surface area (Å²) in [4.78, 5) is 5.15. The molecule has 0 bridgehead atoms. The van der Waals surface area contributed by atoms with E-state index in [4.69, 9.17) is 9.72 Å². The Bertz CT molecular complexity index is 1410. The molecule has 0 radical (unpaired) electrons. The molecule has 0 atom stereocenters. The van der Waals surface area contributed by atoms with Crippen LogP contribution in [0.5, 0.6) is 11.6 Å². The Kier molecular flexibility index (Phi) is 4.60. The molecule has 0 aliphatic carbocycles. The van der Waals surface area contributed by atoms with E-state index in [0.29, 0.717) is 11.8 Å². The number of para-hydroxylation sites is 1. The average molecular weight is 426 g/mol. The molecule has 0 spiro atoms. The van der Waals surface area contributed by atoms with Gasteiger partial charge in [0.1, 0.15) is 18.3 Å². The summed E-state index contributed by atoms with van der Waals surface area (Å²) in [6.45, 7) is 15.7. The molecule has 2 heterocycles. The van der Waals surface area contributed by atoms with Gasteiger partial charge < -0.3 is 4.74 Å². The second kappa shape index (κ2) is 7.03. The van der Waals surface area contributed by atoms with Crippen molar-refractivity contribution in [3.8, 4) is 22.9 Å². The van der Waals surface area contributed by atoms with Crippen LogP contribution in [0.15, 0.2) is 36.4 Å². The third-order valence-electron chi connectivity index (χ3n) is 6.79. The van der Waals surface area contributed by atoms with E-state index in [9.17, 15) is 0 Å². The standard InChI is InChI=1S/C29H33N2O/c1-16(2)20-13-21-12-17(3)18(4)24-25(21)23(14-20)32-28-27(24)31(8)22-11-9-10-19(26(22)30-28)15-29(5,6)7/h9-14,16H,15H2,1-8H3/q+1. The Hall–Kier alpha value is -2.94. The minimum absolute atomic E-state index is 0.184. The number of rotatable bonds is 2. The van der Waals surface area contributed by atoms with Crippen LogP contribution < -0.4 is 9.30 Å². The van der Waals surface area contributed by atoms with Crippen LogP contribution in [0.2, 0.25) is 0 Å². The number of fused-ring (bicyclic) bond motifs is 3. The molecule has 1 aliphatic rings. The quantitative estimate of drug-likeness (QED) is 0.277. The van der Waals surface area contributed by atoms with Gasteiger partial charge in [0.05, 0.1) is 5.56 Å². The molecule has 3 nitrogen and oxygen atoms in total. The van der Waals surface area contributed by atoms with Gasteiger partial charge in [-0.3, -0.25) is 0 Å². The molecule has 0 amide bonds. The van der Waals surface area contributed by atoms with Gasteiger partial charge in [0, 0.05) is 11.5 Å². The van der Waals surface area contributed by atoms with Crippen LogP contribution in [0.3, 0.4) is 0 Å². The zero-order valence-corrected chi connectivity index (χ0v) is 20.6. The molecule has 0 unspecified atom stereocenters. The Morgan fingerprint density at radius 1 is 1.06 bits per heavy atom. The van der Waals surface area contributed by atoms with Crippen molar-refractivity contribution < 1.29 is 9.30 Å². The SMILES string of the molecule is Cc1cc2cc(C(C)C)cc3c2c(c1C)-c1c(nc2c(CC(C)(C)C)cccc2[n+]1C)O3. The molecule has 1 aliphatic heterocycles. The summed E-state index contributed by atoms with van der Waals surface area (Å²) in [6, 6.07) is 13.4. The highest BCUT2D eigenvalue weighted by molar-refractivity contribution is 6.05. The maximum atomic E-state index is 6.58. The molecule has 3 heteroatoms. The molecule has 4 aromatic rings. The van der Waals surface area contributed by atoms with Gasteiger partial charge in [-0.2, -0.15) is 4.57 Å². The molecule has 164 valence electrons. The summed E-state index contributed by atoms with van der Waals surface area (Å²) in [5.74, 6) is 2.08. The Morgan fingerprint density at radius 3 is 2.50 bits per heavy atom. The predicted molar refractivity (Wildman–Crippen MR) is 133 cm³/mol. The number of ether oxygens (including phenoxy) is 1. The maximum Gasteiger partial charge on any atom is 0.294 e. The van der Waals surface area contributed by atoms with E-state index >= 15 is 0 Å².